The second kappa shape index (κ2) is 6.41. The zero-order valence-corrected chi connectivity index (χ0v) is 12.2. The van der Waals surface area contributed by atoms with Crippen molar-refractivity contribution in [3.8, 4) is 0 Å². The molecule has 0 aromatic rings. The zero-order chi connectivity index (χ0) is 13.9. The maximum Gasteiger partial charge on any atom is 0.329 e. The molecular weight excluding hydrogens is 256 g/mol. The highest BCUT2D eigenvalue weighted by Gasteiger charge is 2.35. The topological polar surface area (TPSA) is 53.0 Å². The highest BCUT2D eigenvalue weighted by atomic mass is 16.5. The van der Waals surface area contributed by atoms with E-state index >= 15 is 0 Å². The van der Waals surface area contributed by atoms with Crippen molar-refractivity contribution in [3.63, 3.8) is 0 Å². The number of hydrogen-bond acceptors (Lipinski definition) is 4. The summed E-state index contributed by atoms with van der Waals surface area (Å²) >= 11 is 0. The fraction of sp³-hybridized carbons (Fsp3) is 0.933. The normalized spacial score (nSPS) is 33.2. The van der Waals surface area contributed by atoms with Crippen molar-refractivity contribution in [2.24, 2.45) is 0 Å². The third-order valence-corrected chi connectivity index (χ3v) is 5.23. The van der Waals surface area contributed by atoms with Gasteiger partial charge in [-0.15, -0.1) is 0 Å². The molecule has 5 nitrogen and oxygen atoms in total. The van der Waals surface area contributed by atoms with Gasteiger partial charge in [-0.2, -0.15) is 0 Å². The van der Waals surface area contributed by atoms with Crippen molar-refractivity contribution in [3.05, 3.63) is 0 Å². The smallest absolute Gasteiger partial charge is 0.329 e. The van der Waals surface area contributed by atoms with E-state index in [9.17, 15) is 4.79 Å². The summed E-state index contributed by atoms with van der Waals surface area (Å²) in [5.74, 6) is -0.860. The molecule has 3 heterocycles. The van der Waals surface area contributed by atoms with E-state index in [-0.39, 0.29) is 12.7 Å². The van der Waals surface area contributed by atoms with Crippen LogP contribution in [-0.4, -0.2) is 71.8 Å². The van der Waals surface area contributed by atoms with Crippen LogP contribution in [0.25, 0.3) is 0 Å². The third-order valence-electron chi connectivity index (χ3n) is 5.23. The lowest BCUT2D eigenvalue weighted by Gasteiger charge is -2.43. The van der Waals surface area contributed by atoms with Crippen molar-refractivity contribution < 1.29 is 14.6 Å². The minimum Gasteiger partial charge on any atom is -0.480 e. The average molecular weight is 282 g/mol. The number of carboxylic acid groups (broad SMARTS) is 1. The van der Waals surface area contributed by atoms with Crippen molar-refractivity contribution in [2.45, 2.75) is 56.7 Å². The van der Waals surface area contributed by atoms with Gasteiger partial charge in [-0.25, -0.2) is 4.79 Å². The molecule has 3 saturated heterocycles. The molecule has 0 saturated carbocycles. The van der Waals surface area contributed by atoms with Gasteiger partial charge in [0.05, 0.1) is 6.10 Å². The molecule has 0 spiro atoms. The highest BCUT2D eigenvalue weighted by Crippen LogP contribution is 2.30. The molecular formula is C15H26N2O3. The monoisotopic (exact) mass is 282 g/mol. The van der Waals surface area contributed by atoms with Crippen molar-refractivity contribution >= 4 is 5.97 Å². The summed E-state index contributed by atoms with van der Waals surface area (Å²) in [5.41, 5.74) is 0. The Kier molecular flexibility index (Phi) is 4.58. The van der Waals surface area contributed by atoms with Gasteiger partial charge in [-0.05, 0) is 51.6 Å². The minimum absolute atomic E-state index is 0.147. The first-order valence-electron chi connectivity index (χ1n) is 8.04. The Hall–Kier alpha value is -0.650. The van der Waals surface area contributed by atoms with Crippen LogP contribution < -0.4 is 0 Å². The quantitative estimate of drug-likeness (QED) is 0.839. The number of aliphatic carboxylic acids is 1. The van der Waals surface area contributed by atoms with E-state index in [2.05, 4.69) is 9.80 Å². The lowest BCUT2D eigenvalue weighted by atomic mass is 9.94. The van der Waals surface area contributed by atoms with Gasteiger partial charge in [0.2, 0.25) is 0 Å². The second-order valence-corrected chi connectivity index (χ2v) is 6.45. The molecule has 0 aromatic heterocycles. The van der Waals surface area contributed by atoms with E-state index in [4.69, 9.17) is 9.84 Å². The first-order valence-corrected chi connectivity index (χ1v) is 8.04. The molecule has 3 fully saturated rings. The molecule has 114 valence electrons. The summed E-state index contributed by atoms with van der Waals surface area (Å²) < 4.78 is 5.41. The number of hydrogen-bond donors (Lipinski definition) is 1. The third kappa shape index (κ3) is 3.32. The van der Waals surface area contributed by atoms with Crippen LogP contribution in [0.4, 0.5) is 0 Å². The molecule has 3 aliphatic heterocycles. The van der Waals surface area contributed by atoms with Crippen molar-refractivity contribution in [1.29, 1.82) is 0 Å². The van der Waals surface area contributed by atoms with Crippen LogP contribution >= 0.6 is 0 Å². The van der Waals surface area contributed by atoms with Crippen LogP contribution in [0.3, 0.4) is 0 Å². The molecule has 3 rings (SSSR count). The number of carboxylic acids is 1. The predicted octanol–water partition coefficient (Wildman–Crippen LogP) is 1.18. The molecule has 0 aliphatic carbocycles. The Balaban J connectivity index is 1.43. The first kappa shape index (κ1) is 14.3. The molecule has 20 heavy (non-hydrogen) atoms. The van der Waals surface area contributed by atoms with Crippen LogP contribution in [0, 0.1) is 0 Å². The number of piperidine rings is 2. The largest absolute Gasteiger partial charge is 0.480 e. The fourth-order valence-electron chi connectivity index (χ4n) is 4.13. The van der Waals surface area contributed by atoms with E-state index in [1.165, 1.54) is 38.8 Å². The van der Waals surface area contributed by atoms with Gasteiger partial charge < -0.3 is 19.6 Å². The number of nitrogens with zero attached hydrogens (tertiary/aromatic N) is 2. The first-order chi connectivity index (χ1) is 9.72. The van der Waals surface area contributed by atoms with Gasteiger partial charge in [0.25, 0.3) is 0 Å². The minimum atomic E-state index is -0.860. The Morgan fingerprint density at radius 3 is 2.40 bits per heavy atom. The summed E-state index contributed by atoms with van der Waals surface area (Å²) in [6, 6.07) is 1.57. The Labute approximate surface area is 120 Å². The van der Waals surface area contributed by atoms with Gasteiger partial charge in [0, 0.05) is 25.2 Å². The number of likely N-dealkylation sites (tertiary alicyclic amines) is 1. The lowest BCUT2D eigenvalue weighted by molar-refractivity contribution is -0.145. The summed E-state index contributed by atoms with van der Waals surface area (Å²) in [4.78, 5) is 15.8. The number of ether oxygens (including phenoxy) is 1. The maximum atomic E-state index is 10.5. The summed E-state index contributed by atoms with van der Waals surface area (Å²) in [6.07, 6.45) is 7.51. The van der Waals surface area contributed by atoms with Crippen LogP contribution in [0.15, 0.2) is 0 Å². The fourth-order valence-corrected chi connectivity index (χ4v) is 4.13. The number of carbonyl (C=O) groups is 1. The van der Waals surface area contributed by atoms with Crippen LogP contribution in [-0.2, 0) is 9.53 Å². The van der Waals surface area contributed by atoms with Gasteiger partial charge in [0.15, 0.2) is 0 Å². The number of fused-ring (bicyclic) bond motifs is 1. The van der Waals surface area contributed by atoms with E-state index in [1.54, 1.807) is 0 Å². The van der Waals surface area contributed by atoms with Gasteiger partial charge in [0.1, 0.15) is 6.61 Å². The molecule has 2 atom stereocenters. The number of rotatable bonds is 4. The molecule has 3 aliphatic rings. The van der Waals surface area contributed by atoms with E-state index < -0.39 is 5.97 Å². The van der Waals surface area contributed by atoms with Crippen LogP contribution in [0.1, 0.15) is 38.5 Å². The molecule has 0 amide bonds. The predicted molar refractivity (Wildman–Crippen MR) is 75.8 cm³/mol. The molecule has 0 radical (unpaired) electrons. The van der Waals surface area contributed by atoms with Gasteiger partial charge in [-0.1, -0.05) is 0 Å². The lowest BCUT2D eigenvalue weighted by Crippen LogP contribution is -2.50. The molecule has 5 heteroatoms. The van der Waals surface area contributed by atoms with Gasteiger partial charge >= 0.3 is 5.97 Å². The summed E-state index contributed by atoms with van der Waals surface area (Å²) in [5, 5.41) is 8.65. The van der Waals surface area contributed by atoms with Gasteiger partial charge in [-0.3, -0.25) is 0 Å². The Morgan fingerprint density at radius 2 is 1.65 bits per heavy atom. The highest BCUT2D eigenvalue weighted by molar-refractivity contribution is 5.68. The second-order valence-electron chi connectivity index (χ2n) is 6.45. The Bertz CT molecular complexity index is 342. The molecule has 2 unspecified atom stereocenters. The van der Waals surface area contributed by atoms with Crippen molar-refractivity contribution in [2.75, 3.05) is 32.8 Å². The zero-order valence-electron chi connectivity index (χ0n) is 12.2. The Morgan fingerprint density at radius 1 is 1.00 bits per heavy atom. The standard InChI is InChI=1S/C15H26N2O3/c18-15(19)11-20-14-4-8-17(9-5-14)13-3-7-16-6-1-2-12(16)10-13/h12-14H,1-11H2,(H,18,19). The SMILES string of the molecule is O=C(O)COC1CCN(C2CCN3CCCC3C2)CC1. The average Bonchev–Trinajstić information content (AvgIpc) is 2.93. The van der Waals surface area contributed by atoms with E-state index in [0.29, 0.717) is 0 Å². The maximum absolute atomic E-state index is 10.5. The van der Waals surface area contributed by atoms with E-state index in [0.717, 1.165) is 38.0 Å². The summed E-state index contributed by atoms with van der Waals surface area (Å²) in [6.45, 7) is 4.57. The summed E-state index contributed by atoms with van der Waals surface area (Å²) in [7, 11) is 0. The van der Waals surface area contributed by atoms with E-state index in [1.807, 2.05) is 0 Å². The molecule has 1 N–H and O–H groups in total. The molecule has 0 bridgehead atoms. The van der Waals surface area contributed by atoms with Crippen LogP contribution in [0.5, 0.6) is 0 Å². The van der Waals surface area contributed by atoms with Crippen LogP contribution in [0.2, 0.25) is 0 Å². The molecule has 0 aromatic carbocycles. The van der Waals surface area contributed by atoms with Crippen molar-refractivity contribution in [1.82, 2.24) is 9.80 Å².